The number of nitrogens with zero attached hydrogens (tertiary/aromatic N) is 4. The van der Waals surface area contributed by atoms with Gasteiger partial charge in [-0.3, -0.25) is 4.79 Å². The summed E-state index contributed by atoms with van der Waals surface area (Å²) in [7, 11) is 0. The van der Waals surface area contributed by atoms with E-state index >= 15 is 0 Å². The standard InChI is InChI=1S/C23H32N6O/c1-6-23(4,5)29-21(25-26-27-29)20(28-12-8-7-9-13-28)18-14-17-15(2)10-11-16(3)19(17)24-22(18)30/h10-11,14,20H,6-9,12-13H2,1-5H3,(H,24,30)/p+1/t20-/m1/s1. The normalized spacial score (nSPS) is 16.8. The third-order valence-corrected chi connectivity index (χ3v) is 6.88. The van der Waals surface area contributed by atoms with E-state index in [1.807, 2.05) is 11.6 Å². The molecule has 0 spiro atoms. The van der Waals surface area contributed by atoms with Crippen LogP contribution in [0.25, 0.3) is 10.9 Å². The zero-order valence-corrected chi connectivity index (χ0v) is 18.7. The molecule has 7 nitrogen and oxygen atoms in total. The van der Waals surface area contributed by atoms with Gasteiger partial charge in [-0.15, -0.1) is 5.10 Å². The zero-order valence-electron chi connectivity index (χ0n) is 18.7. The molecule has 7 heteroatoms. The lowest BCUT2D eigenvalue weighted by Gasteiger charge is -2.33. The second-order valence-electron chi connectivity index (χ2n) is 9.31. The Kier molecular flexibility index (Phi) is 5.49. The lowest BCUT2D eigenvalue weighted by molar-refractivity contribution is -0.931. The Morgan fingerprint density at radius 2 is 1.87 bits per heavy atom. The summed E-state index contributed by atoms with van der Waals surface area (Å²) < 4.78 is 1.94. The lowest BCUT2D eigenvalue weighted by Crippen LogP contribution is -3.13. The van der Waals surface area contributed by atoms with Gasteiger partial charge in [0.1, 0.15) is 0 Å². The number of aromatic nitrogens is 5. The maximum absolute atomic E-state index is 13.4. The minimum absolute atomic E-state index is 0.0388. The van der Waals surface area contributed by atoms with Crippen molar-refractivity contribution >= 4 is 10.9 Å². The van der Waals surface area contributed by atoms with Gasteiger partial charge in [-0.05, 0) is 81.0 Å². The van der Waals surface area contributed by atoms with Crippen LogP contribution in [-0.4, -0.2) is 38.3 Å². The van der Waals surface area contributed by atoms with Crippen molar-refractivity contribution < 1.29 is 4.90 Å². The second kappa shape index (κ2) is 7.95. The molecule has 1 aromatic carbocycles. The van der Waals surface area contributed by atoms with Crippen molar-refractivity contribution in [2.24, 2.45) is 0 Å². The first-order chi connectivity index (χ1) is 14.3. The number of piperidine rings is 1. The highest BCUT2D eigenvalue weighted by molar-refractivity contribution is 5.85. The van der Waals surface area contributed by atoms with Crippen molar-refractivity contribution in [1.82, 2.24) is 25.2 Å². The van der Waals surface area contributed by atoms with Crippen LogP contribution >= 0.6 is 0 Å². The topological polar surface area (TPSA) is 80.9 Å². The molecule has 0 saturated carbocycles. The van der Waals surface area contributed by atoms with Crippen molar-refractivity contribution in [2.75, 3.05) is 13.1 Å². The molecule has 160 valence electrons. The highest BCUT2D eigenvalue weighted by Gasteiger charge is 2.37. The average molecular weight is 410 g/mol. The van der Waals surface area contributed by atoms with Gasteiger partial charge < -0.3 is 9.88 Å². The first-order valence-electron chi connectivity index (χ1n) is 11.1. The number of tetrazole rings is 1. The van der Waals surface area contributed by atoms with Crippen LogP contribution in [0.3, 0.4) is 0 Å². The maximum atomic E-state index is 13.4. The predicted molar refractivity (Wildman–Crippen MR) is 118 cm³/mol. The van der Waals surface area contributed by atoms with E-state index in [2.05, 4.69) is 66.4 Å². The van der Waals surface area contributed by atoms with E-state index in [1.54, 1.807) is 0 Å². The number of rotatable bonds is 5. The summed E-state index contributed by atoms with van der Waals surface area (Å²) in [5.74, 6) is 0.786. The van der Waals surface area contributed by atoms with Crippen LogP contribution in [0, 0.1) is 13.8 Å². The lowest BCUT2D eigenvalue weighted by atomic mass is 9.96. The Morgan fingerprint density at radius 1 is 1.17 bits per heavy atom. The van der Waals surface area contributed by atoms with Crippen molar-refractivity contribution in [2.45, 2.75) is 71.9 Å². The van der Waals surface area contributed by atoms with E-state index in [-0.39, 0.29) is 17.1 Å². The molecular weight excluding hydrogens is 376 g/mol. The SMILES string of the molecule is CCC(C)(C)n1nnnc1[C@@H](c1cc2c(C)ccc(C)c2[nH]c1=O)[NH+]1CCCCC1. The van der Waals surface area contributed by atoms with E-state index in [0.717, 1.165) is 65.8 Å². The molecule has 1 aliphatic heterocycles. The van der Waals surface area contributed by atoms with Crippen molar-refractivity contribution in [1.29, 1.82) is 0 Å². The van der Waals surface area contributed by atoms with Gasteiger partial charge >= 0.3 is 0 Å². The number of aromatic amines is 1. The first kappa shape index (κ1) is 20.7. The number of H-pyrrole nitrogens is 1. The quantitative estimate of drug-likeness (QED) is 0.678. The Labute approximate surface area is 177 Å². The van der Waals surface area contributed by atoms with Crippen molar-refractivity contribution in [3.8, 4) is 0 Å². The fraction of sp³-hybridized carbons (Fsp3) is 0.565. The Balaban J connectivity index is 1.95. The molecule has 0 bridgehead atoms. The van der Waals surface area contributed by atoms with Gasteiger partial charge in [0.2, 0.25) is 5.82 Å². The largest absolute Gasteiger partial charge is 0.322 e. The van der Waals surface area contributed by atoms with Crippen molar-refractivity contribution in [3.63, 3.8) is 0 Å². The van der Waals surface area contributed by atoms with E-state index < -0.39 is 0 Å². The molecule has 2 aromatic heterocycles. The molecular formula is C23H33N6O+. The average Bonchev–Trinajstić information content (AvgIpc) is 3.23. The number of likely N-dealkylation sites (tertiary alicyclic amines) is 1. The molecule has 1 saturated heterocycles. The van der Waals surface area contributed by atoms with Crippen LogP contribution in [-0.2, 0) is 5.54 Å². The fourth-order valence-corrected chi connectivity index (χ4v) is 4.60. The van der Waals surface area contributed by atoms with E-state index in [9.17, 15) is 4.79 Å². The first-order valence-corrected chi connectivity index (χ1v) is 11.1. The smallest absolute Gasteiger partial charge is 0.258 e. The van der Waals surface area contributed by atoms with Crippen LogP contribution in [0.4, 0.5) is 0 Å². The van der Waals surface area contributed by atoms with Gasteiger partial charge in [-0.2, -0.15) is 0 Å². The molecule has 3 heterocycles. The fourth-order valence-electron chi connectivity index (χ4n) is 4.60. The minimum atomic E-state index is -0.220. The number of nitrogens with one attached hydrogen (secondary N) is 2. The molecule has 0 aliphatic carbocycles. The van der Waals surface area contributed by atoms with Gasteiger partial charge in [0.05, 0.1) is 29.7 Å². The van der Waals surface area contributed by atoms with Gasteiger partial charge in [0, 0.05) is 5.39 Å². The summed E-state index contributed by atoms with van der Waals surface area (Å²) in [5, 5.41) is 14.0. The minimum Gasteiger partial charge on any atom is -0.322 e. The predicted octanol–water partition coefficient (Wildman–Crippen LogP) is 2.43. The van der Waals surface area contributed by atoms with Gasteiger partial charge in [0.25, 0.3) is 5.56 Å². The molecule has 2 N–H and O–H groups in total. The van der Waals surface area contributed by atoms with Crippen LogP contribution in [0.2, 0.25) is 0 Å². The third kappa shape index (κ3) is 3.55. The molecule has 0 radical (unpaired) electrons. The number of fused-ring (bicyclic) bond motifs is 1. The monoisotopic (exact) mass is 409 g/mol. The maximum Gasteiger partial charge on any atom is 0.258 e. The summed E-state index contributed by atoms with van der Waals surface area (Å²) in [4.78, 5) is 17.9. The van der Waals surface area contributed by atoms with Crippen LogP contribution in [0.5, 0.6) is 0 Å². The van der Waals surface area contributed by atoms with E-state index in [1.165, 1.54) is 11.3 Å². The van der Waals surface area contributed by atoms with Gasteiger partial charge in [-0.1, -0.05) is 19.1 Å². The van der Waals surface area contributed by atoms with Crippen LogP contribution in [0.15, 0.2) is 23.0 Å². The second-order valence-corrected chi connectivity index (χ2v) is 9.31. The van der Waals surface area contributed by atoms with Gasteiger partial charge in [0.15, 0.2) is 6.04 Å². The molecule has 1 aliphatic rings. The molecule has 4 rings (SSSR count). The number of benzene rings is 1. The highest BCUT2D eigenvalue weighted by atomic mass is 16.1. The number of quaternary nitrogens is 1. The van der Waals surface area contributed by atoms with Gasteiger partial charge in [-0.25, -0.2) is 4.68 Å². The summed E-state index contributed by atoms with van der Waals surface area (Å²) in [5.41, 5.74) is 3.67. The number of hydrogen-bond donors (Lipinski definition) is 2. The number of aryl methyl sites for hydroxylation is 2. The molecule has 1 fully saturated rings. The Bertz CT molecular complexity index is 1110. The van der Waals surface area contributed by atoms with Crippen molar-refractivity contribution in [3.05, 3.63) is 51.1 Å². The number of hydrogen-bond acceptors (Lipinski definition) is 4. The van der Waals surface area contributed by atoms with Crippen LogP contribution in [0.1, 0.15) is 75.0 Å². The Morgan fingerprint density at radius 3 is 2.57 bits per heavy atom. The molecule has 30 heavy (non-hydrogen) atoms. The molecule has 0 amide bonds. The molecule has 1 atom stereocenters. The van der Waals surface area contributed by atoms with Crippen LogP contribution < -0.4 is 10.5 Å². The third-order valence-electron chi connectivity index (χ3n) is 6.88. The summed E-state index contributed by atoms with van der Waals surface area (Å²) in [6.07, 6.45) is 4.47. The zero-order chi connectivity index (χ0) is 21.5. The Hall–Kier alpha value is -2.54. The van der Waals surface area contributed by atoms with E-state index in [0.29, 0.717) is 0 Å². The summed E-state index contributed by atoms with van der Waals surface area (Å²) in [6.45, 7) is 12.6. The summed E-state index contributed by atoms with van der Waals surface area (Å²) >= 11 is 0. The molecule has 0 unspecified atom stereocenters. The summed E-state index contributed by atoms with van der Waals surface area (Å²) in [6, 6.07) is 6.08. The number of pyridine rings is 1. The highest BCUT2D eigenvalue weighted by Crippen LogP contribution is 2.26. The van der Waals surface area contributed by atoms with E-state index in [4.69, 9.17) is 0 Å². The molecule has 3 aromatic rings.